The second kappa shape index (κ2) is 16.2. The van der Waals surface area contributed by atoms with Gasteiger partial charge in [-0.25, -0.2) is 0 Å². The van der Waals surface area contributed by atoms with Crippen LogP contribution in [-0.4, -0.2) is 63.9 Å². The Kier molecular flexibility index (Phi) is 13.9. The highest BCUT2D eigenvalue weighted by atomic mass is 35.5. The lowest BCUT2D eigenvalue weighted by atomic mass is 10.3. The zero-order valence-electron chi connectivity index (χ0n) is 17.6. The second-order valence-electron chi connectivity index (χ2n) is 6.40. The molecule has 0 aliphatic carbocycles. The monoisotopic (exact) mass is 454 g/mol. The van der Waals surface area contributed by atoms with Crippen LogP contribution in [0, 0.1) is 0 Å². The number of nitrogens with one attached hydrogen (secondary N) is 2. The van der Waals surface area contributed by atoms with Gasteiger partial charge in [0, 0.05) is 20.2 Å². The summed E-state index contributed by atoms with van der Waals surface area (Å²) in [5, 5.41) is 15.6. The van der Waals surface area contributed by atoms with E-state index in [2.05, 4.69) is 10.6 Å². The smallest absolute Gasteiger partial charge is 0.258 e. The standard InChI is InChI=1S/C22H30N2O6.ClH/c1-27-15-13-24-22(26)17-30-20-10-8-19(9-11-20)29-16-21(25)23-12-5-14-28-18-6-3-2-4-7-18;/h2-4,6-11,21,23,25H,5,12-17H2,1H3,(H,24,26);1H/t21-;/m0./s1. The Morgan fingerprint density at radius 2 is 1.55 bits per heavy atom. The third-order valence-corrected chi connectivity index (χ3v) is 3.94. The zero-order valence-corrected chi connectivity index (χ0v) is 18.4. The summed E-state index contributed by atoms with van der Waals surface area (Å²) in [6, 6.07) is 16.5. The summed E-state index contributed by atoms with van der Waals surface area (Å²) in [6.45, 7) is 2.12. The molecule has 2 rings (SSSR count). The maximum Gasteiger partial charge on any atom is 0.258 e. The summed E-state index contributed by atoms with van der Waals surface area (Å²) < 4.78 is 21.4. The molecule has 0 spiro atoms. The molecule has 0 heterocycles. The van der Waals surface area contributed by atoms with E-state index in [0.29, 0.717) is 37.8 Å². The molecule has 31 heavy (non-hydrogen) atoms. The molecular weight excluding hydrogens is 424 g/mol. The Balaban J connectivity index is 0.00000480. The minimum atomic E-state index is -0.784. The van der Waals surface area contributed by atoms with Gasteiger partial charge in [-0.3, -0.25) is 10.1 Å². The molecule has 0 bridgehead atoms. The van der Waals surface area contributed by atoms with Gasteiger partial charge in [-0.15, -0.1) is 12.4 Å². The molecule has 1 atom stereocenters. The number of benzene rings is 2. The van der Waals surface area contributed by atoms with Gasteiger partial charge in [-0.1, -0.05) is 18.2 Å². The van der Waals surface area contributed by atoms with Gasteiger partial charge >= 0.3 is 0 Å². The summed E-state index contributed by atoms with van der Waals surface area (Å²) >= 11 is 0. The topological polar surface area (TPSA) is 98.3 Å². The first-order valence-electron chi connectivity index (χ1n) is 9.88. The van der Waals surface area contributed by atoms with Crippen LogP contribution in [0.3, 0.4) is 0 Å². The van der Waals surface area contributed by atoms with Crippen molar-refractivity contribution in [3.8, 4) is 17.2 Å². The number of aliphatic hydroxyl groups is 1. The van der Waals surface area contributed by atoms with E-state index in [-0.39, 0.29) is 31.5 Å². The third-order valence-electron chi connectivity index (χ3n) is 3.94. The lowest BCUT2D eigenvalue weighted by Gasteiger charge is -2.14. The van der Waals surface area contributed by atoms with Crippen molar-refractivity contribution in [2.45, 2.75) is 12.6 Å². The van der Waals surface area contributed by atoms with Crippen molar-refractivity contribution in [3.63, 3.8) is 0 Å². The Hall–Kier alpha value is -2.52. The molecule has 8 nitrogen and oxygen atoms in total. The highest BCUT2D eigenvalue weighted by molar-refractivity contribution is 5.85. The molecule has 1 amide bonds. The van der Waals surface area contributed by atoms with E-state index in [1.807, 2.05) is 30.3 Å². The number of carbonyl (C=O) groups excluding carboxylic acids is 1. The van der Waals surface area contributed by atoms with E-state index in [1.54, 1.807) is 31.4 Å². The van der Waals surface area contributed by atoms with Gasteiger partial charge in [0.2, 0.25) is 0 Å². The van der Waals surface area contributed by atoms with Crippen LogP contribution in [-0.2, 0) is 9.53 Å². The van der Waals surface area contributed by atoms with Crippen LogP contribution in [0.2, 0.25) is 0 Å². The van der Waals surface area contributed by atoms with Crippen LogP contribution in [0.15, 0.2) is 54.6 Å². The Morgan fingerprint density at radius 3 is 2.23 bits per heavy atom. The first-order chi connectivity index (χ1) is 14.7. The maximum atomic E-state index is 11.6. The molecule has 0 saturated carbocycles. The van der Waals surface area contributed by atoms with Gasteiger partial charge in [0.05, 0.1) is 13.2 Å². The number of methoxy groups -OCH3 is 1. The van der Waals surface area contributed by atoms with Crippen molar-refractivity contribution >= 4 is 18.3 Å². The van der Waals surface area contributed by atoms with Gasteiger partial charge < -0.3 is 29.4 Å². The van der Waals surface area contributed by atoms with Crippen molar-refractivity contribution in [1.29, 1.82) is 0 Å². The quantitative estimate of drug-likeness (QED) is 0.279. The molecular formula is C22H31ClN2O6. The maximum absolute atomic E-state index is 11.6. The number of para-hydroxylation sites is 1. The number of amides is 1. The van der Waals surface area contributed by atoms with Crippen LogP contribution < -0.4 is 24.8 Å². The van der Waals surface area contributed by atoms with Crippen molar-refractivity contribution in [3.05, 3.63) is 54.6 Å². The molecule has 0 unspecified atom stereocenters. The highest BCUT2D eigenvalue weighted by Crippen LogP contribution is 2.17. The highest BCUT2D eigenvalue weighted by Gasteiger charge is 2.06. The third kappa shape index (κ3) is 12.0. The molecule has 0 saturated heterocycles. The lowest BCUT2D eigenvalue weighted by molar-refractivity contribution is -0.123. The van der Waals surface area contributed by atoms with E-state index >= 15 is 0 Å². The van der Waals surface area contributed by atoms with Crippen molar-refractivity contribution in [2.75, 3.05) is 46.6 Å². The summed E-state index contributed by atoms with van der Waals surface area (Å²) in [7, 11) is 1.57. The van der Waals surface area contributed by atoms with Crippen molar-refractivity contribution < 1.29 is 28.8 Å². The Morgan fingerprint density at radius 1 is 0.903 bits per heavy atom. The van der Waals surface area contributed by atoms with E-state index in [4.69, 9.17) is 18.9 Å². The largest absolute Gasteiger partial charge is 0.494 e. The minimum absolute atomic E-state index is 0. The molecule has 3 N–H and O–H groups in total. The molecule has 0 radical (unpaired) electrons. The van der Waals surface area contributed by atoms with E-state index in [9.17, 15) is 9.90 Å². The lowest BCUT2D eigenvalue weighted by Crippen LogP contribution is -2.35. The Bertz CT molecular complexity index is 718. The van der Waals surface area contributed by atoms with Crippen LogP contribution in [0.5, 0.6) is 17.2 Å². The number of aliphatic hydroxyl groups excluding tert-OH is 1. The average Bonchev–Trinajstić information content (AvgIpc) is 2.77. The van der Waals surface area contributed by atoms with Gasteiger partial charge in [-0.2, -0.15) is 0 Å². The van der Waals surface area contributed by atoms with Gasteiger partial charge in [0.15, 0.2) is 6.61 Å². The number of hydrogen-bond donors (Lipinski definition) is 3. The summed E-state index contributed by atoms with van der Waals surface area (Å²) in [5.74, 6) is 1.78. The first-order valence-corrected chi connectivity index (χ1v) is 9.88. The summed E-state index contributed by atoms with van der Waals surface area (Å²) in [5.41, 5.74) is 0. The fraction of sp³-hybridized carbons (Fsp3) is 0.409. The molecule has 9 heteroatoms. The SMILES string of the molecule is COCCNC(=O)COc1ccc(OC[C@H](O)NCCCOc2ccccc2)cc1.Cl. The zero-order chi connectivity index (χ0) is 21.4. The van der Waals surface area contributed by atoms with Crippen LogP contribution in [0.25, 0.3) is 0 Å². The summed E-state index contributed by atoms with van der Waals surface area (Å²) in [6.07, 6.45) is -0.0229. The Labute approximate surface area is 189 Å². The van der Waals surface area contributed by atoms with E-state index in [1.165, 1.54) is 0 Å². The predicted octanol–water partition coefficient (Wildman–Crippen LogP) is 2.01. The number of rotatable bonds is 15. The van der Waals surface area contributed by atoms with E-state index in [0.717, 1.165) is 12.2 Å². The van der Waals surface area contributed by atoms with Crippen LogP contribution >= 0.6 is 12.4 Å². The molecule has 0 aromatic heterocycles. The summed E-state index contributed by atoms with van der Waals surface area (Å²) in [4.78, 5) is 11.6. The van der Waals surface area contributed by atoms with Gasteiger partial charge in [0.1, 0.15) is 30.1 Å². The number of carbonyl (C=O) groups is 1. The van der Waals surface area contributed by atoms with Crippen molar-refractivity contribution in [1.82, 2.24) is 10.6 Å². The predicted molar refractivity (Wildman–Crippen MR) is 120 cm³/mol. The number of halogens is 1. The van der Waals surface area contributed by atoms with Gasteiger partial charge in [0.25, 0.3) is 5.91 Å². The van der Waals surface area contributed by atoms with E-state index < -0.39 is 6.23 Å². The normalized spacial score (nSPS) is 11.2. The molecule has 2 aromatic carbocycles. The van der Waals surface area contributed by atoms with Gasteiger partial charge in [-0.05, 0) is 42.8 Å². The molecule has 0 aliphatic rings. The number of hydrogen-bond acceptors (Lipinski definition) is 7. The number of ether oxygens (including phenoxy) is 4. The molecule has 0 aliphatic heterocycles. The molecule has 0 fully saturated rings. The first kappa shape index (κ1) is 26.5. The fourth-order valence-electron chi connectivity index (χ4n) is 2.41. The minimum Gasteiger partial charge on any atom is -0.494 e. The molecule has 172 valence electrons. The molecule has 2 aromatic rings. The average molecular weight is 455 g/mol. The van der Waals surface area contributed by atoms with Crippen molar-refractivity contribution in [2.24, 2.45) is 0 Å². The second-order valence-corrected chi connectivity index (χ2v) is 6.40. The fourth-order valence-corrected chi connectivity index (χ4v) is 2.41. The van der Waals surface area contributed by atoms with Crippen LogP contribution in [0.1, 0.15) is 6.42 Å². The van der Waals surface area contributed by atoms with Crippen LogP contribution in [0.4, 0.5) is 0 Å².